The standard InChI is InChI=1S/C18H27N3O3/c1-15(22)14-19-6-8-21(9-7-19)18(23)16-2-4-17(5-3-16)20-10-12-24-13-11-20/h2-5,15,22H,6-14H2,1H3. The number of carbonyl (C=O) groups excluding carboxylic acids is 1. The van der Waals surface area contributed by atoms with Gasteiger partial charge in [0, 0.05) is 57.1 Å². The lowest BCUT2D eigenvalue weighted by Gasteiger charge is -2.35. The molecule has 0 saturated carbocycles. The van der Waals surface area contributed by atoms with Crippen molar-refractivity contribution in [3.8, 4) is 0 Å². The summed E-state index contributed by atoms with van der Waals surface area (Å²) in [7, 11) is 0. The van der Waals surface area contributed by atoms with Crippen LogP contribution >= 0.6 is 0 Å². The van der Waals surface area contributed by atoms with Gasteiger partial charge in [0.25, 0.3) is 5.91 Å². The Hall–Kier alpha value is -1.63. The summed E-state index contributed by atoms with van der Waals surface area (Å²) in [6.07, 6.45) is -0.319. The van der Waals surface area contributed by atoms with E-state index in [0.29, 0.717) is 6.54 Å². The Morgan fingerprint density at radius 3 is 2.29 bits per heavy atom. The molecule has 132 valence electrons. The molecule has 1 unspecified atom stereocenters. The molecule has 1 N–H and O–H groups in total. The van der Waals surface area contributed by atoms with Crippen molar-refractivity contribution in [1.82, 2.24) is 9.80 Å². The average molecular weight is 333 g/mol. The van der Waals surface area contributed by atoms with Gasteiger partial charge in [-0.3, -0.25) is 9.69 Å². The zero-order valence-corrected chi connectivity index (χ0v) is 14.4. The van der Waals surface area contributed by atoms with E-state index in [1.54, 1.807) is 6.92 Å². The number of benzene rings is 1. The van der Waals surface area contributed by atoms with E-state index in [9.17, 15) is 9.90 Å². The Balaban J connectivity index is 1.55. The third-order valence-corrected chi connectivity index (χ3v) is 4.67. The van der Waals surface area contributed by atoms with Gasteiger partial charge in [0.15, 0.2) is 0 Å². The van der Waals surface area contributed by atoms with E-state index in [1.165, 1.54) is 0 Å². The van der Waals surface area contributed by atoms with Crippen LogP contribution in [0.4, 0.5) is 5.69 Å². The first kappa shape index (κ1) is 17.2. The molecule has 3 rings (SSSR count). The lowest BCUT2D eigenvalue weighted by molar-refractivity contribution is 0.0554. The molecule has 2 fully saturated rings. The minimum atomic E-state index is -0.319. The van der Waals surface area contributed by atoms with E-state index in [4.69, 9.17) is 4.74 Å². The molecule has 2 aliphatic heterocycles. The lowest BCUT2D eigenvalue weighted by Crippen LogP contribution is -2.50. The monoisotopic (exact) mass is 333 g/mol. The summed E-state index contributed by atoms with van der Waals surface area (Å²) in [5.41, 5.74) is 1.90. The molecule has 6 heteroatoms. The topological polar surface area (TPSA) is 56.2 Å². The minimum absolute atomic E-state index is 0.0974. The number of aliphatic hydroxyl groups is 1. The predicted octanol–water partition coefficient (Wildman–Crippen LogP) is 0.662. The van der Waals surface area contributed by atoms with Crippen LogP contribution in [0.5, 0.6) is 0 Å². The molecule has 1 amide bonds. The number of anilines is 1. The molecule has 0 aliphatic carbocycles. The molecule has 2 saturated heterocycles. The Bertz CT molecular complexity index is 533. The van der Waals surface area contributed by atoms with E-state index in [1.807, 2.05) is 29.2 Å². The van der Waals surface area contributed by atoms with Crippen molar-refractivity contribution in [3.05, 3.63) is 29.8 Å². The number of β-amino-alcohol motifs (C(OH)–C–C–N with tert-alkyl or cyclic N) is 1. The van der Waals surface area contributed by atoms with Gasteiger partial charge in [0.05, 0.1) is 19.3 Å². The van der Waals surface area contributed by atoms with Crippen LogP contribution in [0.3, 0.4) is 0 Å². The van der Waals surface area contributed by atoms with Gasteiger partial charge in [0.1, 0.15) is 0 Å². The fourth-order valence-corrected chi connectivity index (χ4v) is 3.33. The van der Waals surface area contributed by atoms with Crippen molar-refractivity contribution >= 4 is 11.6 Å². The number of aliphatic hydroxyl groups excluding tert-OH is 1. The molecule has 0 aromatic heterocycles. The van der Waals surface area contributed by atoms with E-state index in [0.717, 1.165) is 63.7 Å². The van der Waals surface area contributed by atoms with Gasteiger partial charge >= 0.3 is 0 Å². The number of hydrogen-bond donors (Lipinski definition) is 1. The number of piperazine rings is 1. The predicted molar refractivity (Wildman–Crippen MR) is 93.5 cm³/mol. The van der Waals surface area contributed by atoms with Gasteiger partial charge in [-0.25, -0.2) is 0 Å². The molecule has 2 aliphatic rings. The van der Waals surface area contributed by atoms with Gasteiger partial charge in [-0.05, 0) is 31.2 Å². The molecule has 24 heavy (non-hydrogen) atoms. The van der Waals surface area contributed by atoms with Crippen molar-refractivity contribution in [3.63, 3.8) is 0 Å². The fraction of sp³-hybridized carbons (Fsp3) is 0.611. The largest absolute Gasteiger partial charge is 0.392 e. The molecule has 1 aromatic rings. The van der Waals surface area contributed by atoms with E-state index in [2.05, 4.69) is 9.80 Å². The number of morpholine rings is 1. The highest BCUT2D eigenvalue weighted by molar-refractivity contribution is 5.94. The van der Waals surface area contributed by atoms with Crippen molar-refractivity contribution < 1.29 is 14.6 Å². The number of nitrogens with zero attached hydrogens (tertiary/aromatic N) is 3. The number of hydrogen-bond acceptors (Lipinski definition) is 5. The van der Waals surface area contributed by atoms with E-state index < -0.39 is 0 Å². The van der Waals surface area contributed by atoms with Gasteiger partial charge in [0.2, 0.25) is 0 Å². The van der Waals surface area contributed by atoms with Crippen molar-refractivity contribution in [2.45, 2.75) is 13.0 Å². The zero-order chi connectivity index (χ0) is 16.9. The molecular formula is C18H27N3O3. The summed E-state index contributed by atoms with van der Waals surface area (Å²) >= 11 is 0. The first-order valence-corrected chi connectivity index (χ1v) is 8.76. The Labute approximate surface area is 143 Å². The minimum Gasteiger partial charge on any atom is -0.392 e. The van der Waals surface area contributed by atoms with Crippen LogP contribution < -0.4 is 4.90 Å². The summed E-state index contributed by atoms with van der Waals surface area (Å²) in [6, 6.07) is 7.91. The molecule has 1 aromatic carbocycles. The fourth-order valence-electron chi connectivity index (χ4n) is 3.33. The molecule has 0 spiro atoms. The number of rotatable bonds is 4. The molecular weight excluding hydrogens is 306 g/mol. The van der Waals surface area contributed by atoms with Crippen LogP contribution in [-0.2, 0) is 4.74 Å². The molecule has 2 heterocycles. The molecule has 0 radical (unpaired) electrons. The summed E-state index contributed by atoms with van der Waals surface area (Å²) in [6.45, 7) is 8.88. The smallest absolute Gasteiger partial charge is 0.253 e. The van der Waals surface area contributed by atoms with Crippen LogP contribution in [-0.4, -0.2) is 85.9 Å². The van der Waals surface area contributed by atoms with Gasteiger partial charge in [-0.1, -0.05) is 0 Å². The summed E-state index contributed by atoms with van der Waals surface area (Å²) in [5, 5.41) is 9.46. The third-order valence-electron chi connectivity index (χ3n) is 4.67. The number of ether oxygens (including phenoxy) is 1. The number of amides is 1. The average Bonchev–Trinajstić information content (AvgIpc) is 2.62. The summed E-state index contributed by atoms with van der Waals surface area (Å²) < 4.78 is 5.37. The maximum absolute atomic E-state index is 12.6. The van der Waals surface area contributed by atoms with Crippen LogP contribution in [0.2, 0.25) is 0 Å². The Morgan fingerprint density at radius 2 is 1.71 bits per heavy atom. The second-order valence-corrected chi connectivity index (χ2v) is 6.59. The van der Waals surface area contributed by atoms with Crippen LogP contribution in [0.1, 0.15) is 17.3 Å². The van der Waals surface area contributed by atoms with Crippen molar-refractivity contribution in [2.75, 3.05) is 63.9 Å². The second kappa shape index (κ2) is 7.96. The molecule has 6 nitrogen and oxygen atoms in total. The Kier molecular flexibility index (Phi) is 5.71. The molecule has 1 atom stereocenters. The van der Waals surface area contributed by atoms with Gasteiger partial charge in [-0.2, -0.15) is 0 Å². The maximum Gasteiger partial charge on any atom is 0.253 e. The van der Waals surface area contributed by atoms with Gasteiger partial charge in [-0.15, -0.1) is 0 Å². The quantitative estimate of drug-likeness (QED) is 0.877. The summed E-state index contributed by atoms with van der Waals surface area (Å²) in [5.74, 6) is 0.0974. The van der Waals surface area contributed by atoms with Crippen LogP contribution in [0.25, 0.3) is 0 Å². The zero-order valence-electron chi connectivity index (χ0n) is 14.4. The lowest BCUT2D eigenvalue weighted by atomic mass is 10.1. The Morgan fingerprint density at radius 1 is 1.08 bits per heavy atom. The third kappa shape index (κ3) is 4.26. The van der Waals surface area contributed by atoms with Crippen molar-refractivity contribution in [1.29, 1.82) is 0 Å². The normalized spacial score (nSPS) is 20.9. The highest BCUT2D eigenvalue weighted by atomic mass is 16.5. The van der Waals surface area contributed by atoms with Crippen molar-refractivity contribution in [2.24, 2.45) is 0 Å². The van der Waals surface area contributed by atoms with Crippen LogP contribution in [0.15, 0.2) is 24.3 Å². The molecule has 0 bridgehead atoms. The SMILES string of the molecule is CC(O)CN1CCN(C(=O)c2ccc(N3CCOCC3)cc2)CC1. The maximum atomic E-state index is 12.6. The van der Waals surface area contributed by atoms with E-state index in [-0.39, 0.29) is 12.0 Å². The number of carbonyl (C=O) groups is 1. The second-order valence-electron chi connectivity index (χ2n) is 6.59. The summed E-state index contributed by atoms with van der Waals surface area (Å²) in [4.78, 5) is 19.0. The first-order chi connectivity index (χ1) is 11.6. The van der Waals surface area contributed by atoms with E-state index >= 15 is 0 Å². The van der Waals surface area contributed by atoms with Gasteiger partial charge < -0.3 is 19.6 Å². The highest BCUT2D eigenvalue weighted by Gasteiger charge is 2.22. The first-order valence-electron chi connectivity index (χ1n) is 8.76. The van der Waals surface area contributed by atoms with Crippen LogP contribution in [0, 0.1) is 0 Å². The highest BCUT2D eigenvalue weighted by Crippen LogP contribution is 2.18.